The van der Waals surface area contributed by atoms with Gasteiger partial charge in [0.1, 0.15) is 6.33 Å². The molecule has 0 aliphatic heterocycles. The van der Waals surface area contributed by atoms with Gasteiger partial charge in [-0.3, -0.25) is 0 Å². The Morgan fingerprint density at radius 1 is 1.30 bits per heavy atom. The van der Waals surface area contributed by atoms with Crippen LogP contribution in [0.3, 0.4) is 0 Å². The van der Waals surface area contributed by atoms with E-state index in [0.29, 0.717) is 6.54 Å². The molecule has 0 atom stereocenters. The number of sulfone groups is 1. The lowest BCUT2D eigenvalue weighted by atomic mass is 10.1. The second-order valence-electron chi connectivity index (χ2n) is 4.70. The average Bonchev–Trinajstić information content (AvgIpc) is 2.82. The van der Waals surface area contributed by atoms with E-state index in [1.807, 2.05) is 26.0 Å². The van der Waals surface area contributed by atoms with Crippen molar-refractivity contribution in [3.63, 3.8) is 0 Å². The highest BCUT2D eigenvalue weighted by molar-refractivity contribution is 7.91. The van der Waals surface area contributed by atoms with Crippen LogP contribution in [-0.4, -0.2) is 40.6 Å². The summed E-state index contributed by atoms with van der Waals surface area (Å²) in [6, 6.07) is 6.06. The van der Waals surface area contributed by atoms with Gasteiger partial charge in [-0.2, -0.15) is 0 Å². The van der Waals surface area contributed by atoms with E-state index < -0.39 is 16.4 Å². The smallest absolute Gasteiger partial charge is 0.266 e. The van der Waals surface area contributed by atoms with Crippen molar-refractivity contribution in [3.8, 4) is 0 Å². The molecule has 1 heterocycles. The largest absolute Gasteiger partial charge is 0.395 e. The van der Waals surface area contributed by atoms with Gasteiger partial charge in [0, 0.05) is 0 Å². The number of hydrogen-bond acceptors (Lipinski definition) is 5. The Kier molecular flexibility index (Phi) is 4.20. The molecule has 2 aromatic rings. The third-order valence-electron chi connectivity index (χ3n) is 2.98. The zero-order valence-electron chi connectivity index (χ0n) is 11.4. The fourth-order valence-corrected chi connectivity index (χ4v) is 2.77. The fourth-order valence-electron chi connectivity index (χ4n) is 1.91. The molecule has 0 amide bonds. The van der Waals surface area contributed by atoms with Gasteiger partial charge in [-0.25, -0.2) is 18.1 Å². The maximum Gasteiger partial charge on any atom is 0.266 e. The number of aromatic nitrogens is 3. The molecule has 0 aliphatic rings. The number of aryl methyl sites for hydroxylation is 2. The van der Waals surface area contributed by atoms with Gasteiger partial charge in [-0.1, -0.05) is 23.8 Å². The molecule has 1 N–H and O–H groups in total. The highest BCUT2D eigenvalue weighted by Crippen LogP contribution is 2.12. The first kappa shape index (κ1) is 14.7. The van der Waals surface area contributed by atoms with E-state index >= 15 is 0 Å². The van der Waals surface area contributed by atoms with Crippen molar-refractivity contribution < 1.29 is 13.5 Å². The summed E-state index contributed by atoms with van der Waals surface area (Å²) in [5, 5.41) is 12.5. The zero-order chi connectivity index (χ0) is 14.8. The molecule has 1 aromatic heterocycles. The van der Waals surface area contributed by atoms with Gasteiger partial charge >= 0.3 is 0 Å². The number of rotatable bonds is 5. The molecule has 0 fully saturated rings. The predicted octanol–water partition coefficient (Wildman–Crippen LogP) is 0.709. The summed E-state index contributed by atoms with van der Waals surface area (Å²) in [4.78, 5) is 3.80. The quantitative estimate of drug-likeness (QED) is 0.878. The number of aliphatic hydroxyl groups is 1. The van der Waals surface area contributed by atoms with Gasteiger partial charge in [-0.05, 0) is 25.0 Å². The van der Waals surface area contributed by atoms with Crippen molar-refractivity contribution in [3.05, 3.63) is 41.2 Å². The van der Waals surface area contributed by atoms with Crippen molar-refractivity contribution in [2.24, 2.45) is 0 Å². The fraction of sp³-hybridized carbons (Fsp3) is 0.385. The minimum atomic E-state index is -3.59. The molecule has 108 valence electrons. The summed E-state index contributed by atoms with van der Waals surface area (Å²) in [5.74, 6) is -0.361. The molecule has 0 aliphatic carbocycles. The molecule has 1 aromatic carbocycles. The first-order valence-electron chi connectivity index (χ1n) is 6.21. The van der Waals surface area contributed by atoms with E-state index in [-0.39, 0.29) is 10.9 Å². The predicted molar refractivity (Wildman–Crippen MR) is 74.2 cm³/mol. The molecule has 7 heteroatoms. The highest BCUT2D eigenvalue weighted by Gasteiger charge is 2.19. The van der Waals surface area contributed by atoms with E-state index in [1.54, 1.807) is 0 Å². The maximum atomic E-state index is 11.7. The zero-order valence-corrected chi connectivity index (χ0v) is 12.3. The Hall–Kier alpha value is -1.73. The van der Waals surface area contributed by atoms with Crippen LogP contribution in [0.1, 0.15) is 16.7 Å². The average molecular weight is 295 g/mol. The van der Waals surface area contributed by atoms with Gasteiger partial charge in [0.15, 0.2) is 0 Å². The van der Waals surface area contributed by atoms with Crippen LogP contribution in [0.2, 0.25) is 0 Å². The van der Waals surface area contributed by atoms with Crippen LogP contribution < -0.4 is 0 Å². The van der Waals surface area contributed by atoms with Crippen LogP contribution >= 0.6 is 0 Å². The van der Waals surface area contributed by atoms with Crippen molar-refractivity contribution in [2.45, 2.75) is 25.5 Å². The molecule has 6 nitrogen and oxygen atoms in total. The lowest BCUT2D eigenvalue weighted by Gasteiger charge is -2.06. The third kappa shape index (κ3) is 3.23. The van der Waals surface area contributed by atoms with Crippen molar-refractivity contribution in [1.29, 1.82) is 0 Å². The second kappa shape index (κ2) is 5.72. The highest BCUT2D eigenvalue weighted by atomic mass is 32.2. The summed E-state index contributed by atoms with van der Waals surface area (Å²) in [5.41, 5.74) is 3.36. The molecule has 0 spiro atoms. The Labute approximate surface area is 118 Å². The van der Waals surface area contributed by atoms with E-state index in [2.05, 4.69) is 16.1 Å². The first-order chi connectivity index (χ1) is 9.42. The van der Waals surface area contributed by atoms with E-state index in [0.717, 1.165) is 11.1 Å². The van der Waals surface area contributed by atoms with Crippen LogP contribution in [0.5, 0.6) is 0 Å². The van der Waals surface area contributed by atoms with Crippen molar-refractivity contribution >= 4 is 9.84 Å². The summed E-state index contributed by atoms with van der Waals surface area (Å²) < 4.78 is 24.9. The van der Waals surface area contributed by atoms with Crippen molar-refractivity contribution in [2.75, 3.05) is 12.4 Å². The van der Waals surface area contributed by atoms with Crippen LogP contribution in [0.15, 0.2) is 29.7 Å². The minimum Gasteiger partial charge on any atom is -0.395 e. The number of hydrogen-bond donors (Lipinski definition) is 1. The molecule has 0 saturated heterocycles. The van der Waals surface area contributed by atoms with Gasteiger partial charge in [-0.15, -0.1) is 5.10 Å². The molecule has 0 radical (unpaired) electrons. The first-order valence-corrected chi connectivity index (χ1v) is 7.87. The third-order valence-corrected chi connectivity index (χ3v) is 4.45. The van der Waals surface area contributed by atoms with E-state index in [9.17, 15) is 8.42 Å². The summed E-state index contributed by atoms with van der Waals surface area (Å²) in [7, 11) is -3.59. The number of aliphatic hydroxyl groups excluding tert-OH is 1. The van der Waals surface area contributed by atoms with E-state index in [1.165, 1.54) is 16.6 Å². The van der Waals surface area contributed by atoms with Gasteiger partial charge in [0.05, 0.1) is 18.9 Å². The SMILES string of the molecule is Cc1ccc(Cn2cnc(S(=O)(=O)CCO)n2)c(C)c1. The Morgan fingerprint density at radius 3 is 2.70 bits per heavy atom. The van der Waals surface area contributed by atoms with Gasteiger partial charge in [0.25, 0.3) is 5.16 Å². The number of benzene rings is 1. The van der Waals surface area contributed by atoms with Crippen molar-refractivity contribution in [1.82, 2.24) is 14.8 Å². The Morgan fingerprint density at radius 2 is 2.05 bits per heavy atom. The standard InChI is InChI=1S/C13H17N3O3S/c1-10-3-4-12(11(2)7-10)8-16-9-14-13(15-16)20(18,19)6-5-17/h3-4,7,9,17H,5-6,8H2,1-2H3. The summed E-state index contributed by atoms with van der Waals surface area (Å²) in [6.07, 6.45) is 1.39. The van der Waals surface area contributed by atoms with Crippen LogP contribution in [0, 0.1) is 13.8 Å². The molecular formula is C13H17N3O3S. The van der Waals surface area contributed by atoms with Crippen LogP contribution in [0.25, 0.3) is 0 Å². The van der Waals surface area contributed by atoms with Gasteiger partial charge in [0.2, 0.25) is 9.84 Å². The molecule has 0 unspecified atom stereocenters. The number of nitrogens with zero attached hydrogens (tertiary/aromatic N) is 3. The van der Waals surface area contributed by atoms with Crippen LogP contribution in [0.4, 0.5) is 0 Å². The normalized spacial score (nSPS) is 11.8. The summed E-state index contributed by atoms with van der Waals surface area (Å²) >= 11 is 0. The lowest BCUT2D eigenvalue weighted by Crippen LogP contribution is -2.12. The lowest BCUT2D eigenvalue weighted by molar-refractivity contribution is 0.319. The molecular weight excluding hydrogens is 278 g/mol. The topological polar surface area (TPSA) is 85.1 Å². The molecule has 0 bridgehead atoms. The van der Waals surface area contributed by atoms with Gasteiger partial charge < -0.3 is 5.11 Å². The molecule has 2 rings (SSSR count). The van der Waals surface area contributed by atoms with E-state index in [4.69, 9.17) is 5.11 Å². The Balaban J connectivity index is 2.22. The minimum absolute atomic E-state index is 0.240. The second-order valence-corrected chi connectivity index (χ2v) is 6.70. The van der Waals surface area contributed by atoms with Crippen LogP contribution in [-0.2, 0) is 16.4 Å². The molecule has 20 heavy (non-hydrogen) atoms. The maximum absolute atomic E-state index is 11.7. The molecule has 0 saturated carbocycles. The summed E-state index contributed by atoms with van der Waals surface area (Å²) in [6.45, 7) is 4.05. The Bertz CT molecular complexity index is 707. The monoisotopic (exact) mass is 295 g/mol.